The summed E-state index contributed by atoms with van der Waals surface area (Å²) in [6.07, 6.45) is 0. The highest BCUT2D eigenvalue weighted by Gasteiger charge is 2.23. The van der Waals surface area contributed by atoms with E-state index in [1.54, 1.807) is 13.8 Å². The highest BCUT2D eigenvalue weighted by atomic mass is 35.7. The third kappa shape index (κ3) is 3.33. The number of hydrogen-bond acceptors (Lipinski definition) is 4. The number of thiol groups is 1. The Morgan fingerprint density at radius 2 is 2.08 bits per heavy atom. The van der Waals surface area contributed by atoms with Gasteiger partial charge in [-0.1, -0.05) is 0 Å². The molecule has 0 radical (unpaired) electrons. The molecule has 0 aliphatic heterocycles. The van der Waals surface area contributed by atoms with E-state index in [1.165, 1.54) is 4.31 Å². The summed E-state index contributed by atoms with van der Waals surface area (Å²) in [5.74, 6) is 0.409. The van der Waals surface area contributed by atoms with Crippen LogP contribution in [-0.4, -0.2) is 29.7 Å². The zero-order chi connectivity index (χ0) is 9.78. The number of rotatable bonds is 5. The maximum Gasteiger partial charge on any atom is 0.217 e. The third-order valence-electron chi connectivity index (χ3n) is 1.31. The average molecular weight is 250 g/mol. The minimum Gasteiger partial charge on any atom is -0.212 e. The molecule has 0 saturated heterocycles. The van der Waals surface area contributed by atoms with Gasteiger partial charge in [0.2, 0.25) is 10.0 Å². The molecule has 0 fully saturated rings. The van der Waals surface area contributed by atoms with Crippen molar-refractivity contribution in [3.05, 3.63) is 0 Å². The van der Waals surface area contributed by atoms with Gasteiger partial charge in [-0.25, -0.2) is 8.42 Å². The largest absolute Gasteiger partial charge is 0.217 e. The minimum absolute atomic E-state index is 0.167. The Labute approximate surface area is 87.8 Å². The molecular weight excluding hydrogens is 238 g/mol. The molecule has 0 aliphatic rings. The van der Waals surface area contributed by atoms with Gasteiger partial charge in [0.05, 0.1) is 17.0 Å². The van der Waals surface area contributed by atoms with Gasteiger partial charge in [-0.2, -0.15) is 16.9 Å². The van der Waals surface area contributed by atoms with Crippen LogP contribution < -0.4 is 0 Å². The van der Waals surface area contributed by atoms with Crippen molar-refractivity contribution < 1.29 is 8.42 Å². The number of hydrogen-bond donors (Lipinski definition) is 1. The zero-order valence-corrected chi connectivity index (χ0v) is 10.2. The summed E-state index contributed by atoms with van der Waals surface area (Å²) in [6.45, 7) is 3.26. The second-order valence-electron chi connectivity index (χ2n) is 2.43. The van der Waals surface area contributed by atoms with Crippen LogP contribution in [-0.2, 0) is 10.0 Å². The summed E-state index contributed by atoms with van der Waals surface area (Å²) in [6, 6.07) is 0. The summed E-state index contributed by atoms with van der Waals surface area (Å²) < 4.78 is 24.1. The lowest BCUT2D eigenvalue weighted by Crippen LogP contribution is -2.35. The molecule has 0 aromatic carbocycles. The molecule has 0 aromatic heterocycles. The molecule has 0 N–H and O–H groups in total. The van der Waals surface area contributed by atoms with Crippen LogP contribution in [0.15, 0.2) is 0 Å². The zero-order valence-electron chi connectivity index (χ0n) is 6.90. The van der Waals surface area contributed by atoms with Gasteiger partial charge in [0, 0.05) is 0 Å². The Kier molecular flexibility index (Phi) is 6.01. The highest BCUT2D eigenvalue weighted by molar-refractivity contribution is 8.21. The SMILES string of the molecule is CC(C)S(=O)(=O)N(CS)CSCl. The Bertz CT molecular complexity index is 217. The average Bonchev–Trinajstić information content (AvgIpc) is 1.99. The summed E-state index contributed by atoms with van der Waals surface area (Å²) in [5.41, 5.74) is 0. The third-order valence-corrected chi connectivity index (χ3v) is 4.87. The van der Waals surface area contributed by atoms with Gasteiger partial charge < -0.3 is 0 Å². The van der Waals surface area contributed by atoms with Gasteiger partial charge in [-0.15, -0.1) is 0 Å². The van der Waals surface area contributed by atoms with E-state index in [2.05, 4.69) is 12.6 Å². The molecule has 0 aromatic rings. The molecule has 12 heavy (non-hydrogen) atoms. The van der Waals surface area contributed by atoms with Gasteiger partial charge in [0.15, 0.2) is 0 Å². The Balaban J connectivity index is 4.49. The number of nitrogens with zero attached hydrogens (tertiary/aromatic N) is 1. The molecule has 0 aliphatic carbocycles. The maximum absolute atomic E-state index is 11.5. The summed E-state index contributed by atoms with van der Waals surface area (Å²) in [5, 5.41) is -0.423. The van der Waals surface area contributed by atoms with Crippen LogP contribution in [0.5, 0.6) is 0 Å². The highest BCUT2D eigenvalue weighted by Crippen LogP contribution is 2.16. The molecule has 0 amide bonds. The van der Waals surface area contributed by atoms with Crippen molar-refractivity contribution in [2.24, 2.45) is 0 Å². The topological polar surface area (TPSA) is 37.4 Å². The quantitative estimate of drug-likeness (QED) is 0.596. The summed E-state index contributed by atoms with van der Waals surface area (Å²) in [4.78, 5) is 0. The van der Waals surface area contributed by atoms with E-state index in [4.69, 9.17) is 10.7 Å². The lowest BCUT2D eigenvalue weighted by atomic mass is 10.6. The molecule has 0 bridgehead atoms. The van der Waals surface area contributed by atoms with Crippen molar-refractivity contribution in [3.63, 3.8) is 0 Å². The fourth-order valence-corrected chi connectivity index (χ4v) is 3.50. The van der Waals surface area contributed by atoms with Gasteiger partial charge >= 0.3 is 0 Å². The van der Waals surface area contributed by atoms with Gasteiger partial charge in [0.1, 0.15) is 0 Å². The molecular formula is C5H12ClNO2S3. The number of halogens is 1. The fraction of sp³-hybridized carbons (Fsp3) is 1.00. The number of sulfonamides is 1. The first kappa shape index (κ1) is 12.9. The van der Waals surface area contributed by atoms with E-state index in [-0.39, 0.29) is 11.8 Å². The van der Waals surface area contributed by atoms with Crippen molar-refractivity contribution in [1.82, 2.24) is 4.31 Å². The van der Waals surface area contributed by atoms with E-state index >= 15 is 0 Å². The smallest absolute Gasteiger partial charge is 0.212 e. The Morgan fingerprint density at radius 3 is 2.33 bits per heavy atom. The molecule has 0 unspecified atom stereocenters. The molecule has 0 saturated carbocycles. The first-order valence-corrected chi connectivity index (χ1v) is 7.25. The van der Waals surface area contributed by atoms with Crippen LogP contribution in [0.4, 0.5) is 0 Å². The van der Waals surface area contributed by atoms with E-state index in [9.17, 15) is 8.42 Å². The second kappa shape index (κ2) is 5.59. The molecule has 3 nitrogen and oxygen atoms in total. The van der Waals surface area contributed by atoms with Crippen molar-refractivity contribution in [2.75, 3.05) is 11.8 Å². The second-order valence-corrected chi connectivity index (χ2v) is 6.33. The van der Waals surface area contributed by atoms with Crippen molar-refractivity contribution >= 4 is 44.3 Å². The van der Waals surface area contributed by atoms with Crippen LogP contribution in [0, 0.1) is 0 Å². The molecule has 0 atom stereocenters. The van der Waals surface area contributed by atoms with E-state index in [0.29, 0.717) is 0 Å². The van der Waals surface area contributed by atoms with Crippen LogP contribution in [0.25, 0.3) is 0 Å². The van der Waals surface area contributed by atoms with Crippen molar-refractivity contribution in [2.45, 2.75) is 19.1 Å². The van der Waals surface area contributed by atoms with Crippen molar-refractivity contribution in [1.29, 1.82) is 0 Å². The lowest BCUT2D eigenvalue weighted by molar-refractivity contribution is 0.497. The van der Waals surface area contributed by atoms with Crippen LogP contribution in [0.1, 0.15) is 13.8 Å². The van der Waals surface area contributed by atoms with Crippen LogP contribution in [0.3, 0.4) is 0 Å². The Morgan fingerprint density at radius 1 is 1.58 bits per heavy atom. The fourth-order valence-electron chi connectivity index (χ4n) is 0.547. The van der Waals surface area contributed by atoms with Gasteiger partial charge in [0.25, 0.3) is 0 Å². The maximum atomic E-state index is 11.5. The molecule has 0 rings (SSSR count). The normalized spacial score (nSPS) is 12.8. The molecule has 0 heterocycles. The Hall–Kier alpha value is 0.900. The summed E-state index contributed by atoms with van der Waals surface area (Å²) in [7, 11) is 3.11. The predicted molar refractivity (Wildman–Crippen MR) is 58.1 cm³/mol. The van der Waals surface area contributed by atoms with Crippen LogP contribution in [0.2, 0.25) is 0 Å². The van der Waals surface area contributed by atoms with E-state index in [1.807, 2.05) is 0 Å². The standard InChI is InChI=1S/C5H12ClNO2S3/c1-5(2)12(8,9)7(3-10)4-11-6/h5,10H,3-4H2,1-2H3. The molecule has 7 heteroatoms. The lowest BCUT2D eigenvalue weighted by Gasteiger charge is -2.20. The monoisotopic (exact) mass is 249 g/mol. The first-order valence-electron chi connectivity index (χ1n) is 3.30. The minimum atomic E-state index is -3.20. The molecule has 74 valence electrons. The van der Waals surface area contributed by atoms with Gasteiger partial charge in [-0.3, -0.25) is 0 Å². The predicted octanol–water partition coefficient (Wildman–Crippen LogP) is 1.76. The summed E-state index contributed by atoms with van der Waals surface area (Å²) >= 11 is 3.91. The van der Waals surface area contributed by atoms with Crippen LogP contribution >= 0.6 is 34.3 Å². The first-order chi connectivity index (χ1) is 5.46. The molecule has 0 spiro atoms. The van der Waals surface area contributed by atoms with Crippen molar-refractivity contribution in [3.8, 4) is 0 Å². The van der Waals surface area contributed by atoms with Gasteiger partial charge in [-0.05, 0) is 35.5 Å². The van der Waals surface area contributed by atoms with E-state index in [0.717, 1.165) is 11.0 Å². The van der Waals surface area contributed by atoms with E-state index < -0.39 is 15.3 Å².